The Kier molecular flexibility index (Phi) is 4.65. The molecule has 27 heavy (non-hydrogen) atoms. The number of aromatic nitrogens is 4. The Hall–Kier alpha value is -3.49. The smallest absolute Gasteiger partial charge is 0.290 e. The molecule has 0 bridgehead atoms. The van der Waals surface area contributed by atoms with Crippen molar-refractivity contribution in [3.05, 3.63) is 60.7 Å². The summed E-state index contributed by atoms with van der Waals surface area (Å²) in [6.45, 7) is 0.883. The van der Waals surface area contributed by atoms with Gasteiger partial charge in [-0.15, -0.1) is 0 Å². The molecule has 4 rings (SSSR count). The highest BCUT2D eigenvalue weighted by molar-refractivity contribution is 5.95. The van der Waals surface area contributed by atoms with Crippen LogP contribution in [0.3, 0.4) is 0 Å². The zero-order valence-corrected chi connectivity index (χ0v) is 14.5. The first-order valence-corrected chi connectivity index (χ1v) is 8.64. The molecule has 138 valence electrons. The second kappa shape index (κ2) is 7.40. The van der Waals surface area contributed by atoms with Gasteiger partial charge in [-0.1, -0.05) is 6.07 Å². The van der Waals surface area contributed by atoms with Gasteiger partial charge in [-0.25, -0.2) is 14.6 Å². The van der Waals surface area contributed by atoms with Crippen LogP contribution in [0.5, 0.6) is 0 Å². The Labute approximate surface area is 155 Å². The van der Waals surface area contributed by atoms with Crippen molar-refractivity contribution in [3.8, 4) is 5.82 Å². The van der Waals surface area contributed by atoms with Crippen LogP contribution >= 0.6 is 0 Å². The van der Waals surface area contributed by atoms with Gasteiger partial charge in [0.25, 0.3) is 5.91 Å². The van der Waals surface area contributed by atoms with Gasteiger partial charge in [0.1, 0.15) is 18.7 Å². The summed E-state index contributed by atoms with van der Waals surface area (Å²) in [6.07, 6.45) is 7.56. The molecule has 3 aromatic heterocycles. The summed E-state index contributed by atoms with van der Waals surface area (Å²) in [4.78, 5) is 34.8. The van der Waals surface area contributed by atoms with Crippen LogP contribution in [-0.2, 0) is 11.3 Å². The van der Waals surface area contributed by atoms with Crippen molar-refractivity contribution in [2.24, 2.45) is 0 Å². The quantitative estimate of drug-likeness (QED) is 0.727. The average molecular weight is 366 g/mol. The van der Waals surface area contributed by atoms with Crippen LogP contribution in [0.1, 0.15) is 29.0 Å². The molecule has 9 heteroatoms. The Morgan fingerprint density at radius 2 is 2.22 bits per heavy atom. The van der Waals surface area contributed by atoms with E-state index >= 15 is 0 Å². The maximum Gasteiger partial charge on any atom is 0.290 e. The fourth-order valence-electron chi connectivity index (χ4n) is 3.11. The fourth-order valence-corrected chi connectivity index (χ4v) is 3.11. The van der Waals surface area contributed by atoms with E-state index < -0.39 is 6.04 Å². The summed E-state index contributed by atoms with van der Waals surface area (Å²) < 4.78 is 6.72. The topological polar surface area (TPSA) is 106 Å². The lowest BCUT2D eigenvalue weighted by atomic mass is 10.2. The van der Waals surface area contributed by atoms with Crippen molar-refractivity contribution in [1.29, 1.82) is 0 Å². The third kappa shape index (κ3) is 3.57. The first-order valence-electron chi connectivity index (χ1n) is 8.64. The summed E-state index contributed by atoms with van der Waals surface area (Å²) in [6, 6.07) is 6.46. The van der Waals surface area contributed by atoms with Gasteiger partial charge in [0, 0.05) is 19.3 Å². The van der Waals surface area contributed by atoms with E-state index in [2.05, 4.69) is 20.4 Å². The van der Waals surface area contributed by atoms with E-state index in [1.54, 1.807) is 40.3 Å². The van der Waals surface area contributed by atoms with E-state index in [0.29, 0.717) is 25.3 Å². The molecule has 0 spiro atoms. The average Bonchev–Trinajstić information content (AvgIpc) is 3.47. The predicted molar refractivity (Wildman–Crippen MR) is 93.8 cm³/mol. The van der Waals surface area contributed by atoms with E-state index in [0.717, 1.165) is 12.0 Å². The van der Waals surface area contributed by atoms with Crippen LogP contribution < -0.4 is 5.32 Å². The summed E-state index contributed by atoms with van der Waals surface area (Å²) in [5.74, 6) is 0.473. The van der Waals surface area contributed by atoms with E-state index in [-0.39, 0.29) is 17.6 Å². The molecule has 9 nitrogen and oxygen atoms in total. The van der Waals surface area contributed by atoms with Crippen molar-refractivity contribution >= 4 is 11.8 Å². The van der Waals surface area contributed by atoms with Crippen LogP contribution in [0, 0.1) is 0 Å². The largest absolute Gasteiger partial charge is 0.459 e. The lowest BCUT2D eigenvalue weighted by Gasteiger charge is -2.23. The molecule has 1 N–H and O–H groups in total. The number of rotatable bonds is 5. The molecule has 0 unspecified atom stereocenters. The van der Waals surface area contributed by atoms with Crippen molar-refractivity contribution < 1.29 is 14.0 Å². The minimum absolute atomic E-state index is 0.173. The molecular weight excluding hydrogens is 348 g/mol. The number of amides is 2. The number of nitrogens with zero attached hydrogens (tertiary/aromatic N) is 5. The maximum atomic E-state index is 12.6. The van der Waals surface area contributed by atoms with E-state index in [9.17, 15) is 9.59 Å². The zero-order chi connectivity index (χ0) is 18.6. The fraction of sp³-hybridized carbons (Fsp3) is 0.278. The standard InChI is InChI=1S/C18H18N6O3/c25-17(14-3-1-7-23(14)18(26)15-4-2-8-27-15)21-10-13-5-6-16(20-9-13)24-12-19-11-22-24/h2,4-6,8-9,11-12,14H,1,3,7,10H2,(H,21,25)/t14-/m0/s1. The molecule has 0 radical (unpaired) electrons. The third-order valence-electron chi connectivity index (χ3n) is 4.48. The number of pyridine rings is 1. The number of carbonyl (C=O) groups excluding carboxylic acids is 2. The Bertz CT molecular complexity index is 905. The predicted octanol–water partition coefficient (Wildman–Crippen LogP) is 1.18. The minimum atomic E-state index is -0.481. The van der Waals surface area contributed by atoms with Gasteiger partial charge in [0.2, 0.25) is 5.91 Å². The van der Waals surface area contributed by atoms with Gasteiger partial charge in [0.15, 0.2) is 11.6 Å². The van der Waals surface area contributed by atoms with E-state index in [1.807, 2.05) is 6.07 Å². The SMILES string of the molecule is O=C(NCc1ccc(-n2cncn2)nc1)[C@@H]1CCCN1C(=O)c1ccco1. The first-order chi connectivity index (χ1) is 13.2. The van der Waals surface area contributed by atoms with Crippen LogP contribution in [-0.4, -0.2) is 49.0 Å². The summed E-state index contributed by atoms with van der Waals surface area (Å²) >= 11 is 0. The molecule has 3 aromatic rings. The molecule has 0 aliphatic carbocycles. The van der Waals surface area contributed by atoms with Crippen LogP contribution in [0.2, 0.25) is 0 Å². The van der Waals surface area contributed by atoms with Crippen LogP contribution in [0.15, 0.2) is 53.8 Å². The van der Waals surface area contributed by atoms with Crippen molar-refractivity contribution in [1.82, 2.24) is 30.0 Å². The second-order valence-electron chi connectivity index (χ2n) is 6.22. The molecule has 0 aromatic carbocycles. The summed E-state index contributed by atoms with van der Waals surface area (Å²) in [5.41, 5.74) is 0.856. The molecule has 1 aliphatic rings. The van der Waals surface area contributed by atoms with Crippen molar-refractivity contribution in [2.75, 3.05) is 6.54 Å². The van der Waals surface area contributed by atoms with Gasteiger partial charge in [-0.2, -0.15) is 5.10 Å². The highest BCUT2D eigenvalue weighted by Crippen LogP contribution is 2.20. The van der Waals surface area contributed by atoms with E-state index in [4.69, 9.17) is 4.42 Å². The van der Waals surface area contributed by atoms with Gasteiger partial charge < -0.3 is 14.6 Å². The molecule has 1 fully saturated rings. The number of carbonyl (C=O) groups is 2. The highest BCUT2D eigenvalue weighted by Gasteiger charge is 2.35. The molecule has 0 saturated carbocycles. The van der Waals surface area contributed by atoms with Gasteiger partial charge >= 0.3 is 0 Å². The molecule has 2 amide bonds. The number of furan rings is 1. The monoisotopic (exact) mass is 366 g/mol. The zero-order valence-electron chi connectivity index (χ0n) is 14.5. The molecule has 4 heterocycles. The Morgan fingerprint density at radius 1 is 1.30 bits per heavy atom. The minimum Gasteiger partial charge on any atom is -0.459 e. The van der Waals surface area contributed by atoms with Crippen LogP contribution in [0.25, 0.3) is 5.82 Å². The Morgan fingerprint density at radius 3 is 2.93 bits per heavy atom. The molecule has 1 saturated heterocycles. The lowest BCUT2D eigenvalue weighted by Crippen LogP contribution is -2.45. The molecular formula is C18H18N6O3. The third-order valence-corrected chi connectivity index (χ3v) is 4.48. The van der Waals surface area contributed by atoms with Gasteiger partial charge in [-0.05, 0) is 36.6 Å². The molecule has 1 aliphatic heterocycles. The number of hydrogen-bond acceptors (Lipinski definition) is 6. The van der Waals surface area contributed by atoms with Crippen LogP contribution in [0.4, 0.5) is 0 Å². The summed E-state index contributed by atoms with van der Waals surface area (Å²) in [5, 5.41) is 6.90. The summed E-state index contributed by atoms with van der Waals surface area (Å²) in [7, 11) is 0. The van der Waals surface area contributed by atoms with E-state index in [1.165, 1.54) is 12.6 Å². The lowest BCUT2D eigenvalue weighted by molar-refractivity contribution is -0.125. The van der Waals surface area contributed by atoms with Gasteiger partial charge in [-0.3, -0.25) is 9.59 Å². The normalized spacial score (nSPS) is 16.4. The second-order valence-corrected chi connectivity index (χ2v) is 6.22. The van der Waals surface area contributed by atoms with Gasteiger partial charge in [0.05, 0.1) is 6.26 Å². The van der Waals surface area contributed by atoms with Crippen molar-refractivity contribution in [2.45, 2.75) is 25.4 Å². The first kappa shape index (κ1) is 17.0. The maximum absolute atomic E-state index is 12.6. The number of hydrogen-bond donors (Lipinski definition) is 1. The number of likely N-dealkylation sites (tertiary alicyclic amines) is 1. The Balaban J connectivity index is 1.36. The highest BCUT2D eigenvalue weighted by atomic mass is 16.3. The number of nitrogens with one attached hydrogen (secondary N) is 1. The molecule has 1 atom stereocenters. The van der Waals surface area contributed by atoms with Crippen molar-refractivity contribution in [3.63, 3.8) is 0 Å².